The Morgan fingerprint density at radius 1 is 1.15 bits per heavy atom. The first-order valence-electron chi connectivity index (χ1n) is 9.31. The van der Waals surface area contributed by atoms with E-state index < -0.39 is 0 Å². The highest BCUT2D eigenvalue weighted by Crippen LogP contribution is 2.40. The molecule has 3 nitrogen and oxygen atoms in total. The molecule has 1 saturated heterocycles. The van der Waals surface area contributed by atoms with Crippen LogP contribution in [-0.2, 0) is 11.3 Å². The first-order chi connectivity index (χ1) is 13.2. The highest BCUT2D eigenvalue weighted by molar-refractivity contribution is 8.26. The smallest absolute Gasteiger partial charge is 0.266 e. The number of thioether (sulfide) groups is 1. The van der Waals surface area contributed by atoms with E-state index in [0.29, 0.717) is 10.4 Å². The summed E-state index contributed by atoms with van der Waals surface area (Å²) < 4.78 is 0.699. The molecule has 0 spiro atoms. The molecule has 0 atom stereocenters. The van der Waals surface area contributed by atoms with Crippen LogP contribution in [0, 0.1) is 0 Å². The largest absolute Gasteiger partial charge is 0.367 e. The summed E-state index contributed by atoms with van der Waals surface area (Å²) in [5.41, 5.74) is 3.52. The fourth-order valence-electron chi connectivity index (χ4n) is 3.25. The van der Waals surface area contributed by atoms with Gasteiger partial charge in [-0.2, -0.15) is 0 Å². The van der Waals surface area contributed by atoms with Gasteiger partial charge in [0.2, 0.25) is 0 Å². The maximum Gasteiger partial charge on any atom is 0.266 e. The number of anilines is 1. The van der Waals surface area contributed by atoms with Gasteiger partial charge in [-0.05, 0) is 49.1 Å². The van der Waals surface area contributed by atoms with Gasteiger partial charge >= 0.3 is 0 Å². The van der Waals surface area contributed by atoms with Crippen molar-refractivity contribution in [3.8, 4) is 0 Å². The summed E-state index contributed by atoms with van der Waals surface area (Å²) in [7, 11) is 0. The number of hydrogen-bond acceptors (Lipinski definition) is 4. The van der Waals surface area contributed by atoms with Crippen molar-refractivity contribution in [1.82, 2.24) is 4.90 Å². The molecule has 0 N–H and O–H groups in total. The summed E-state index contributed by atoms with van der Waals surface area (Å²) in [5, 5.41) is 0. The van der Waals surface area contributed by atoms with Crippen LogP contribution >= 0.6 is 24.0 Å². The molecular weight excluding hydrogens is 372 g/mol. The third-order valence-corrected chi connectivity index (χ3v) is 6.22. The highest BCUT2D eigenvalue weighted by atomic mass is 32.2. The Morgan fingerprint density at radius 3 is 2.48 bits per heavy atom. The van der Waals surface area contributed by atoms with Gasteiger partial charge in [-0.25, -0.2) is 0 Å². The summed E-state index contributed by atoms with van der Waals surface area (Å²) >= 11 is 6.80. The van der Waals surface area contributed by atoms with E-state index in [0.717, 1.165) is 36.4 Å². The molecule has 1 aliphatic carbocycles. The van der Waals surface area contributed by atoms with E-state index in [9.17, 15) is 4.79 Å². The molecule has 4 rings (SSSR count). The van der Waals surface area contributed by atoms with Gasteiger partial charge in [-0.15, -0.1) is 0 Å². The maximum absolute atomic E-state index is 12.6. The van der Waals surface area contributed by atoms with Crippen molar-refractivity contribution in [3.05, 3.63) is 70.6 Å². The van der Waals surface area contributed by atoms with E-state index in [1.807, 2.05) is 12.1 Å². The van der Waals surface area contributed by atoms with Crippen molar-refractivity contribution >= 4 is 46.0 Å². The van der Waals surface area contributed by atoms with Crippen LogP contribution in [0.15, 0.2) is 59.5 Å². The number of carbonyl (C=O) groups is 1. The fraction of sp³-hybridized carbons (Fsp3) is 0.273. The zero-order chi connectivity index (χ0) is 18.8. The molecule has 0 radical (unpaired) electrons. The van der Waals surface area contributed by atoms with Crippen LogP contribution in [0.25, 0.3) is 6.08 Å². The first-order valence-corrected chi connectivity index (χ1v) is 10.5. The normalized spacial score (nSPS) is 18.4. The predicted octanol–water partition coefficient (Wildman–Crippen LogP) is 5.08. The molecule has 1 aliphatic heterocycles. The average Bonchev–Trinajstić information content (AvgIpc) is 3.48. The molecule has 2 fully saturated rings. The lowest BCUT2D eigenvalue weighted by molar-refractivity contribution is -0.122. The van der Waals surface area contributed by atoms with Gasteiger partial charge in [0.15, 0.2) is 0 Å². The topological polar surface area (TPSA) is 23.6 Å². The Labute approximate surface area is 170 Å². The van der Waals surface area contributed by atoms with Crippen LogP contribution in [0.2, 0.25) is 0 Å². The lowest BCUT2D eigenvalue weighted by Gasteiger charge is -2.23. The van der Waals surface area contributed by atoms with E-state index in [4.69, 9.17) is 12.2 Å². The number of nitrogens with zero attached hydrogens (tertiary/aromatic N) is 2. The molecule has 1 saturated carbocycles. The number of amides is 1. The molecule has 2 aromatic carbocycles. The van der Waals surface area contributed by atoms with Crippen molar-refractivity contribution in [1.29, 1.82) is 0 Å². The van der Waals surface area contributed by atoms with E-state index in [1.165, 1.54) is 23.0 Å². The van der Waals surface area contributed by atoms with Crippen LogP contribution in [0.3, 0.4) is 0 Å². The highest BCUT2D eigenvalue weighted by Gasteiger charge is 2.41. The Kier molecular flexibility index (Phi) is 5.32. The van der Waals surface area contributed by atoms with E-state index in [-0.39, 0.29) is 5.91 Å². The molecule has 0 unspecified atom stereocenters. The van der Waals surface area contributed by atoms with Crippen LogP contribution in [0.4, 0.5) is 5.69 Å². The lowest BCUT2D eigenvalue weighted by atomic mass is 10.1. The van der Waals surface area contributed by atoms with Gasteiger partial charge in [-0.3, -0.25) is 9.69 Å². The first kappa shape index (κ1) is 18.3. The van der Waals surface area contributed by atoms with Gasteiger partial charge < -0.3 is 4.90 Å². The fourth-order valence-corrected chi connectivity index (χ4v) is 4.65. The van der Waals surface area contributed by atoms with E-state index >= 15 is 0 Å². The minimum absolute atomic E-state index is 0.0656. The van der Waals surface area contributed by atoms with Gasteiger partial charge in [0, 0.05) is 24.8 Å². The molecule has 27 heavy (non-hydrogen) atoms. The average molecular weight is 395 g/mol. The SMILES string of the molecule is CCN(Cc1ccccc1)c1ccc(C=C2SC(=S)N(C3CC3)C2=O)cc1. The summed E-state index contributed by atoms with van der Waals surface area (Å²) in [6.07, 6.45) is 4.10. The van der Waals surface area contributed by atoms with Crippen molar-refractivity contribution in [2.75, 3.05) is 11.4 Å². The number of benzene rings is 2. The second-order valence-corrected chi connectivity index (χ2v) is 8.55. The third-order valence-electron chi connectivity index (χ3n) is 4.89. The Bertz CT molecular complexity index is 873. The lowest BCUT2D eigenvalue weighted by Crippen LogP contribution is -2.30. The van der Waals surface area contributed by atoms with Gasteiger partial charge in [0.25, 0.3) is 5.91 Å². The second-order valence-electron chi connectivity index (χ2n) is 6.87. The van der Waals surface area contributed by atoms with Crippen molar-refractivity contribution < 1.29 is 4.79 Å². The quantitative estimate of drug-likeness (QED) is 0.504. The van der Waals surface area contributed by atoms with Crippen LogP contribution < -0.4 is 4.90 Å². The Balaban J connectivity index is 1.48. The van der Waals surface area contributed by atoms with Crippen LogP contribution in [0.5, 0.6) is 0 Å². The molecule has 5 heteroatoms. The summed E-state index contributed by atoms with van der Waals surface area (Å²) in [5.74, 6) is 0.0656. The summed E-state index contributed by atoms with van der Waals surface area (Å²) in [6, 6.07) is 19.2. The second kappa shape index (κ2) is 7.87. The minimum atomic E-state index is 0.0656. The summed E-state index contributed by atoms with van der Waals surface area (Å²) in [6.45, 7) is 3.99. The van der Waals surface area contributed by atoms with Crippen molar-refractivity contribution in [2.45, 2.75) is 32.4 Å². The Morgan fingerprint density at radius 2 is 1.85 bits per heavy atom. The number of hydrogen-bond donors (Lipinski definition) is 0. The monoisotopic (exact) mass is 394 g/mol. The van der Waals surface area contributed by atoms with Gasteiger partial charge in [-0.1, -0.05) is 66.4 Å². The molecule has 1 amide bonds. The number of rotatable bonds is 6. The summed E-state index contributed by atoms with van der Waals surface area (Å²) in [4.78, 5) is 17.4. The molecule has 1 heterocycles. The zero-order valence-corrected chi connectivity index (χ0v) is 16.9. The Hall–Kier alpha value is -2.11. The van der Waals surface area contributed by atoms with Gasteiger partial charge in [0.1, 0.15) is 4.32 Å². The number of thiocarbonyl (C=S) groups is 1. The van der Waals surface area contributed by atoms with Crippen LogP contribution in [0.1, 0.15) is 30.9 Å². The maximum atomic E-state index is 12.6. The standard InChI is InChI=1S/C22H22N2OS2/c1-2-23(15-17-6-4-3-5-7-17)18-10-8-16(9-11-18)14-20-21(25)24(19-12-13-19)22(26)27-20/h3-11,14,19H,2,12-13,15H2,1H3. The molecule has 2 aliphatic rings. The van der Waals surface area contributed by atoms with Crippen molar-refractivity contribution in [3.63, 3.8) is 0 Å². The zero-order valence-electron chi connectivity index (χ0n) is 15.3. The minimum Gasteiger partial charge on any atom is -0.367 e. The number of carbonyl (C=O) groups excluding carboxylic acids is 1. The van der Waals surface area contributed by atoms with Crippen molar-refractivity contribution in [2.24, 2.45) is 0 Å². The van der Waals surface area contributed by atoms with Gasteiger partial charge in [0.05, 0.1) is 4.91 Å². The molecule has 0 bridgehead atoms. The molecule has 138 valence electrons. The molecule has 2 aromatic rings. The molecule has 0 aromatic heterocycles. The van der Waals surface area contributed by atoms with Crippen LogP contribution in [-0.4, -0.2) is 27.7 Å². The van der Waals surface area contributed by atoms with E-state index in [1.54, 1.807) is 4.90 Å². The van der Waals surface area contributed by atoms with E-state index in [2.05, 4.69) is 60.4 Å². The predicted molar refractivity (Wildman–Crippen MR) is 118 cm³/mol. The third kappa shape index (κ3) is 4.09. The molecular formula is C22H22N2OS2.